The van der Waals surface area contributed by atoms with Gasteiger partial charge in [0.25, 0.3) is 0 Å². The Morgan fingerprint density at radius 3 is 2.53 bits per heavy atom. The fourth-order valence-corrected chi connectivity index (χ4v) is 2.23. The predicted molar refractivity (Wildman–Crippen MR) is 80.7 cm³/mol. The van der Waals surface area contributed by atoms with Gasteiger partial charge in [-0.05, 0) is 52.8 Å². The van der Waals surface area contributed by atoms with Crippen LogP contribution < -0.4 is 5.32 Å². The molecule has 0 unspecified atom stereocenters. The average molecular weight is 262 g/mol. The molecule has 3 nitrogen and oxygen atoms in total. The van der Waals surface area contributed by atoms with Gasteiger partial charge in [0.15, 0.2) is 0 Å². The molecule has 1 rings (SSSR count). The SMILES string of the molecule is C=C(/C=C\C)N(C/C(C)=C/C)C(=O)C1CCNCC1. The summed E-state index contributed by atoms with van der Waals surface area (Å²) in [4.78, 5) is 14.5. The minimum Gasteiger partial charge on any atom is -0.317 e. The van der Waals surface area contributed by atoms with Crippen molar-refractivity contribution in [1.29, 1.82) is 0 Å². The zero-order valence-electron chi connectivity index (χ0n) is 12.4. The molecule has 19 heavy (non-hydrogen) atoms. The van der Waals surface area contributed by atoms with Crippen LogP contribution in [0.2, 0.25) is 0 Å². The van der Waals surface area contributed by atoms with Gasteiger partial charge in [-0.2, -0.15) is 0 Å². The first-order valence-electron chi connectivity index (χ1n) is 7.05. The van der Waals surface area contributed by atoms with E-state index in [1.54, 1.807) is 0 Å². The highest BCUT2D eigenvalue weighted by Gasteiger charge is 2.26. The summed E-state index contributed by atoms with van der Waals surface area (Å²) in [7, 11) is 0. The van der Waals surface area contributed by atoms with Crippen LogP contribution in [0, 0.1) is 5.92 Å². The minimum atomic E-state index is 0.132. The van der Waals surface area contributed by atoms with Crippen LogP contribution in [0.25, 0.3) is 0 Å². The van der Waals surface area contributed by atoms with Crippen LogP contribution in [0.4, 0.5) is 0 Å². The molecule has 0 aliphatic carbocycles. The molecular weight excluding hydrogens is 236 g/mol. The van der Waals surface area contributed by atoms with Crippen molar-refractivity contribution in [2.75, 3.05) is 19.6 Å². The maximum absolute atomic E-state index is 12.6. The molecular formula is C16H26N2O. The van der Waals surface area contributed by atoms with Crippen molar-refractivity contribution in [3.8, 4) is 0 Å². The quantitative estimate of drug-likeness (QED) is 0.610. The minimum absolute atomic E-state index is 0.132. The Labute approximate surface area is 117 Å². The summed E-state index contributed by atoms with van der Waals surface area (Å²) >= 11 is 0. The Hall–Kier alpha value is -1.35. The molecule has 1 heterocycles. The van der Waals surface area contributed by atoms with Crippen molar-refractivity contribution in [2.45, 2.75) is 33.6 Å². The van der Waals surface area contributed by atoms with Gasteiger partial charge in [0, 0.05) is 18.2 Å². The van der Waals surface area contributed by atoms with Crippen molar-refractivity contribution in [3.63, 3.8) is 0 Å². The van der Waals surface area contributed by atoms with Gasteiger partial charge >= 0.3 is 0 Å². The number of carbonyl (C=O) groups is 1. The van der Waals surface area contributed by atoms with Crippen molar-refractivity contribution < 1.29 is 4.79 Å². The lowest BCUT2D eigenvalue weighted by atomic mass is 9.96. The van der Waals surface area contributed by atoms with Crippen molar-refractivity contribution >= 4 is 5.91 Å². The first-order chi connectivity index (χ1) is 9.10. The molecule has 0 radical (unpaired) electrons. The standard InChI is InChI=1S/C16H26N2O/c1-5-7-14(4)18(12-13(3)6-2)16(19)15-8-10-17-11-9-15/h5-7,15,17H,4,8-12H2,1-3H3/b7-5-,13-6+. The van der Waals surface area contributed by atoms with Crippen molar-refractivity contribution in [2.24, 2.45) is 5.92 Å². The summed E-state index contributed by atoms with van der Waals surface area (Å²) in [6.07, 6.45) is 7.73. The van der Waals surface area contributed by atoms with Gasteiger partial charge in [0.1, 0.15) is 0 Å². The highest BCUT2D eigenvalue weighted by molar-refractivity contribution is 5.81. The van der Waals surface area contributed by atoms with E-state index in [0.29, 0.717) is 6.54 Å². The third-order valence-electron chi connectivity index (χ3n) is 3.56. The van der Waals surface area contributed by atoms with Crippen LogP contribution in [-0.2, 0) is 4.79 Å². The van der Waals surface area contributed by atoms with Gasteiger partial charge < -0.3 is 10.2 Å². The highest BCUT2D eigenvalue weighted by atomic mass is 16.2. The summed E-state index contributed by atoms with van der Waals surface area (Å²) in [5.74, 6) is 0.346. The van der Waals surface area contributed by atoms with E-state index >= 15 is 0 Å². The molecule has 3 heteroatoms. The van der Waals surface area contributed by atoms with Gasteiger partial charge in [0.2, 0.25) is 5.91 Å². The topological polar surface area (TPSA) is 32.3 Å². The van der Waals surface area contributed by atoms with Gasteiger partial charge in [-0.15, -0.1) is 0 Å². The number of nitrogens with one attached hydrogen (secondary N) is 1. The maximum atomic E-state index is 12.6. The van der Waals surface area contributed by atoms with Gasteiger partial charge in [-0.25, -0.2) is 0 Å². The average Bonchev–Trinajstić information content (AvgIpc) is 2.44. The molecule has 1 aliphatic heterocycles. The number of amides is 1. The molecule has 1 N–H and O–H groups in total. The zero-order valence-corrected chi connectivity index (χ0v) is 12.4. The van der Waals surface area contributed by atoms with Crippen molar-refractivity contribution in [3.05, 3.63) is 36.1 Å². The van der Waals surface area contributed by atoms with E-state index in [4.69, 9.17) is 0 Å². The summed E-state index contributed by atoms with van der Waals surface area (Å²) in [6.45, 7) is 12.5. The van der Waals surface area contributed by atoms with Gasteiger partial charge in [-0.1, -0.05) is 24.3 Å². The maximum Gasteiger partial charge on any atom is 0.230 e. The van der Waals surface area contributed by atoms with Crippen LogP contribution in [0.15, 0.2) is 36.1 Å². The van der Waals surface area contributed by atoms with E-state index in [9.17, 15) is 4.79 Å². The molecule has 0 saturated carbocycles. The number of carbonyl (C=O) groups excluding carboxylic acids is 1. The van der Waals surface area contributed by atoms with Crippen LogP contribution in [0.1, 0.15) is 33.6 Å². The van der Waals surface area contributed by atoms with Gasteiger partial charge in [0.05, 0.1) is 0 Å². The summed E-state index contributed by atoms with van der Waals surface area (Å²) in [5, 5.41) is 3.30. The van der Waals surface area contributed by atoms with E-state index in [2.05, 4.69) is 11.9 Å². The van der Waals surface area contributed by atoms with E-state index in [1.165, 1.54) is 5.57 Å². The van der Waals surface area contributed by atoms with E-state index < -0.39 is 0 Å². The molecule has 0 spiro atoms. The third kappa shape index (κ3) is 4.67. The van der Waals surface area contributed by atoms with Crippen molar-refractivity contribution in [1.82, 2.24) is 10.2 Å². The van der Waals surface area contributed by atoms with E-state index in [0.717, 1.165) is 31.6 Å². The van der Waals surface area contributed by atoms with Crippen LogP contribution >= 0.6 is 0 Å². The highest BCUT2D eigenvalue weighted by Crippen LogP contribution is 2.19. The second kappa shape index (κ2) is 7.95. The Kier molecular flexibility index (Phi) is 6.57. The summed E-state index contributed by atoms with van der Waals surface area (Å²) in [6, 6.07) is 0. The molecule has 1 saturated heterocycles. The second-order valence-electron chi connectivity index (χ2n) is 5.08. The Morgan fingerprint density at radius 1 is 1.37 bits per heavy atom. The molecule has 0 aromatic heterocycles. The Morgan fingerprint density at radius 2 is 2.00 bits per heavy atom. The number of rotatable bonds is 5. The first-order valence-corrected chi connectivity index (χ1v) is 7.05. The number of hydrogen-bond donors (Lipinski definition) is 1. The molecule has 1 amide bonds. The summed E-state index contributed by atoms with van der Waals surface area (Å²) < 4.78 is 0. The van der Waals surface area contributed by atoms with Gasteiger partial charge in [-0.3, -0.25) is 4.79 Å². The van der Waals surface area contributed by atoms with E-state index in [-0.39, 0.29) is 11.8 Å². The fourth-order valence-electron chi connectivity index (χ4n) is 2.23. The monoisotopic (exact) mass is 262 g/mol. The number of piperidine rings is 1. The van der Waals surface area contributed by atoms with Crippen LogP contribution in [-0.4, -0.2) is 30.4 Å². The summed E-state index contributed by atoms with van der Waals surface area (Å²) in [5.41, 5.74) is 1.97. The first kappa shape index (κ1) is 15.7. The lowest BCUT2D eigenvalue weighted by Gasteiger charge is -2.30. The molecule has 106 valence electrons. The molecule has 0 bridgehead atoms. The molecule has 1 aliphatic rings. The largest absolute Gasteiger partial charge is 0.317 e. The Balaban J connectivity index is 2.81. The zero-order chi connectivity index (χ0) is 14.3. The molecule has 0 aromatic carbocycles. The second-order valence-corrected chi connectivity index (χ2v) is 5.08. The molecule has 0 aromatic rings. The normalized spacial score (nSPS) is 17.7. The smallest absolute Gasteiger partial charge is 0.230 e. The third-order valence-corrected chi connectivity index (χ3v) is 3.56. The Bertz CT molecular complexity index is 376. The molecule has 1 fully saturated rings. The van der Waals surface area contributed by atoms with Crippen LogP contribution in [0.3, 0.4) is 0 Å². The lowest BCUT2D eigenvalue weighted by Crippen LogP contribution is -2.40. The molecule has 0 atom stereocenters. The number of nitrogens with zero attached hydrogens (tertiary/aromatic N) is 1. The van der Waals surface area contributed by atoms with Crippen LogP contribution in [0.5, 0.6) is 0 Å². The fraction of sp³-hybridized carbons (Fsp3) is 0.562. The predicted octanol–water partition coefficient (Wildman–Crippen LogP) is 2.87. The number of hydrogen-bond acceptors (Lipinski definition) is 2. The lowest BCUT2D eigenvalue weighted by molar-refractivity contribution is -0.133. The van der Waals surface area contributed by atoms with E-state index in [1.807, 2.05) is 43.9 Å². The number of allylic oxidation sites excluding steroid dienone is 3.